The first-order valence-corrected chi connectivity index (χ1v) is 11.4. The fraction of sp³-hybridized carbons (Fsp3) is 0.440. The minimum Gasteiger partial charge on any atom is -0.357 e. The van der Waals surface area contributed by atoms with E-state index in [1.165, 1.54) is 61.6 Å². The van der Waals surface area contributed by atoms with Gasteiger partial charge in [0, 0.05) is 53.2 Å². The number of aryl methyl sites for hydroxylation is 1. The van der Waals surface area contributed by atoms with Crippen LogP contribution in [0.25, 0.3) is 10.9 Å². The van der Waals surface area contributed by atoms with Crippen molar-refractivity contribution in [2.45, 2.75) is 70.0 Å². The zero-order chi connectivity index (χ0) is 20.3. The summed E-state index contributed by atoms with van der Waals surface area (Å²) >= 11 is 0. The van der Waals surface area contributed by atoms with Gasteiger partial charge in [-0.15, -0.1) is 0 Å². The van der Waals surface area contributed by atoms with Crippen LogP contribution in [-0.4, -0.2) is 21.9 Å². The average molecular weight is 403 g/mol. The number of carbonyl (C=O) groups is 1. The normalized spacial score (nSPS) is 19.5. The molecular weight excluding hydrogens is 372 g/mol. The van der Waals surface area contributed by atoms with Gasteiger partial charge in [-0.2, -0.15) is 0 Å². The van der Waals surface area contributed by atoms with E-state index in [4.69, 9.17) is 0 Å². The Kier molecular flexibility index (Phi) is 5.54. The maximum absolute atomic E-state index is 12.7. The molecule has 1 saturated carbocycles. The summed E-state index contributed by atoms with van der Waals surface area (Å²) in [6.07, 6.45) is 13.7. The Hall–Kier alpha value is -2.66. The van der Waals surface area contributed by atoms with Gasteiger partial charge in [-0.25, -0.2) is 0 Å². The second-order valence-electron chi connectivity index (χ2n) is 8.77. The molecule has 1 unspecified atom stereocenters. The number of aromatic amines is 1. The van der Waals surface area contributed by atoms with Crippen LogP contribution in [0.2, 0.25) is 0 Å². The molecule has 1 fully saturated rings. The van der Waals surface area contributed by atoms with E-state index in [-0.39, 0.29) is 5.91 Å². The van der Waals surface area contributed by atoms with Crippen molar-refractivity contribution in [2.24, 2.45) is 0 Å². The van der Waals surface area contributed by atoms with Gasteiger partial charge >= 0.3 is 0 Å². The van der Waals surface area contributed by atoms with E-state index in [0.717, 1.165) is 23.1 Å². The zero-order valence-corrected chi connectivity index (χ0v) is 17.4. The third-order valence-corrected chi connectivity index (χ3v) is 6.69. The highest BCUT2D eigenvalue weighted by Gasteiger charge is 2.27. The third kappa shape index (κ3) is 3.99. The van der Waals surface area contributed by atoms with Gasteiger partial charge in [-0.3, -0.25) is 9.78 Å². The van der Waals surface area contributed by atoms with Crippen molar-refractivity contribution < 1.29 is 4.79 Å². The van der Waals surface area contributed by atoms with Crippen molar-refractivity contribution in [3.63, 3.8) is 0 Å². The molecule has 30 heavy (non-hydrogen) atoms. The minimum absolute atomic E-state index is 0.0385. The summed E-state index contributed by atoms with van der Waals surface area (Å²) in [6.45, 7) is 0.489. The molecule has 2 aliphatic carbocycles. The highest BCUT2D eigenvalue weighted by Crippen LogP contribution is 2.36. The fourth-order valence-electron chi connectivity index (χ4n) is 5.11. The molecule has 1 atom stereocenters. The van der Waals surface area contributed by atoms with E-state index in [9.17, 15) is 4.79 Å². The first-order valence-electron chi connectivity index (χ1n) is 11.4. The highest BCUT2D eigenvalue weighted by molar-refractivity contribution is 5.99. The summed E-state index contributed by atoms with van der Waals surface area (Å²) in [5.74, 6) is -0.0385. The molecule has 1 amide bonds. The van der Waals surface area contributed by atoms with Crippen LogP contribution in [0, 0.1) is 0 Å². The number of nitrogens with one attached hydrogen (secondary N) is 3. The number of fused-ring (bicyclic) bond motifs is 3. The van der Waals surface area contributed by atoms with E-state index in [1.807, 2.05) is 18.2 Å². The van der Waals surface area contributed by atoms with Crippen LogP contribution >= 0.6 is 0 Å². The first kappa shape index (κ1) is 19.3. The van der Waals surface area contributed by atoms with E-state index < -0.39 is 0 Å². The zero-order valence-electron chi connectivity index (χ0n) is 17.4. The van der Waals surface area contributed by atoms with Crippen molar-refractivity contribution in [3.05, 3.63) is 65.1 Å². The first-order chi connectivity index (χ1) is 14.8. The fourth-order valence-corrected chi connectivity index (χ4v) is 5.11. The SMILES string of the molecule is O=C(NCc1cccnc1)c1ccc2[nH]c3c(c2c1)CCCC3NC1CCCCC1. The summed E-state index contributed by atoms with van der Waals surface area (Å²) in [5, 5.41) is 8.15. The van der Waals surface area contributed by atoms with Crippen molar-refractivity contribution in [3.8, 4) is 0 Å². The quantitative estimate of drug-likeness (QED) is 0.574. The molecule has 1 aromatic carbocycles. The lowest BCUT2D eigenvalue weighted by Gasteiger charge is -2.31. The van der Waals surface area contributed by atoms with Crippen molar-refractivity contribution >= 4 is 16.8 Å². The molecule has 0 bridgehead atoms. The van der Waals surface area contributed by atoms with E-state index in [0.29, 0.717) is 18.6 Å². The summed E-state index contributed by atoms with van der Waals surface area (Å²) in [6, 6.07) is 11.0. The standard InChI is InChI=1S/C25H30N4O/c30-25(27-16-17-6-5-13-26-15-17)18-11-12-22-21(14-18)20-9-4-10-23(24(20)29-22)28-19-7-2-1-3-8-19/h5-6,11-15,19,23,28-29H,1-4,7-10,16H2,(H,27,30). The van der Waals surface area contributed by atoms with Crippen LogP contribution in [0.5, 0.6) is 0 Å². The van der Waals surface area contributed by atoms with Crippen molar-refractivity contribution in [1.29, 1.82) is 0 Å². The van der Waals surface area contributed by atoms with Gasteiger partial charge in [0.2, 0.25) is 0 Å². The number of amides is 1. The van der Waals surface area contributed by atoms with Gasteiger partial charge in [0.05, 0.1) is 0 Å². The molecule has 3 aromatic rings. The van der Waals surface area contributed by atoms with Crippen LogP contribution in [0.3, 0.4) is 0 Å². The predicted molar refractivity (Wildman–Crippen MR) is 119 cm³/mol. The molecular formula is C25H30N4O. The number of benzene rings is 1. The maximum Gasteiger partial charge on any atom is 0.251 e. The number of hydrogen-bond donors (Lipinski definition) is 3. The maximum atomic E-state index is 12.7. The Morgan fingerprint density at radius 1 is 1.10 bits per heavy atom. The molecule has 2 heterocycles. The van der Waals surface area contributed by atoms with Crippen LogP contribution in [-0.2, 0) is 13.0 Å². The van der Waals surface area contributed by atoms with E-state index in [2.05, 4.69) is 32.7 Å². The van der Waals surface area contributed by atoms with Gasteiger partial charge < -0.3 is 15.6 Å². The number of carbonyl (C=O) groups excluding carboxylic acids is 1. The van der Waals surface area contributed by atoms with Crippen molar-refractivity contribution in [2.75, 3.05) is 0 Å². The molecule has 5 heteroatoms. The molecule has 156 valence electrons. The van der Waals surface area contributed by atoms with Gasteiger partial charge in [0.1, 0.15) is 0 Å². The van der Waals surface area contributed by atoms with Gasteiger partial charge in [0.15, 0.2) is 0 Å². The van der Waals surface area contributed by atoms with Crippen LogP contribution in [0.1, 0.15) is 78.2 Å². The van der Waals surface area contributed by atoms with Crippen LogP contribution < -0.4 is 10.6 Å². The van der Waals surface area contributed by atoms with Crippen LogP contribution in [0.15, 0.2) is 42.7 Å². The number of hydrogen-bond acceptors (Lipinski definition) is 3. The molecule has 0 aliphatic heterocycles. The lowest BCUT2D eigenvalue weighted by Crippen LogP contribution is -2.36. The summed E-state index contributed by atoms with van der Waals surface area (Å²) in [4.78, 5) is 20.5. The summed E-state index contributed by atoms with van der Waals surface area (Å²) in [7, 11) is 0. The lowest BCUT2D eigenvalue weighted by molar-refractivity contribution is 0.0951. The molecule has 0 spiro atoms. The van der Waals surface area contributed by atoms with Crippen LogP contribution in [0.4, 0.5) is 0 Å². The second kappa shape index (κ2) is 8.60. The monoisotopic (exact) mass is 402 g/mol. The number of H-pyrrole nitrogens is 1. The van der Waals surface area contributed by atoms with Gasteiger partial charge in [0.25, 0.3) is 5.91 Å². The predicted octanol–water partition coefficient (Wildman–Crippen LogP) is 4.79. The summed E-state index contributed by atoms with van der Waals surface area (Å²) < 4.78 is 0. The smallest absolute Gasteiger partial charge is 0.251 e. The topological polar surface area (TPSA) is 69.8 Å². The minimum atomic E-state index is -0.0385. The number of rotatable bonds is 5. The molecule has 0 saturated heterocycles. The van der Waals surface area contributed by atoms with E-state index >= 15 is 0 Å². The molecule has 5 rings (SSSR count). The molecule has 0 radical (unpaired) electrons. The molecule has 3 N–H and O–H groups in total. The second-order valence-corrected chi connectivity index (χ2v) is 8.77. The Bertz CT molecular complexity index is 1020. The van der Waals surface area contributed by atoms with Gasteiger partial charge in [-0.1, -0.05) is 25.3 Å². The molecule has 5 nitrogen and oxygen atoms in total. The number of aromatic nitrogens is 2. The highest BCUT2D eigenvalue weighted by atomic mass is 16.1. The lowest BCUT2D eigenvalue weighted by atomic mass is 9.89. The van der Waals surface area contributed by atoms with Crippen molar-refractivity contribution in [1.82, 2.24) is 20.6 Å². The largest absolute Gasteiger partial charge is 0.357 e. The summed E-state index contributed by atoms with van der Waals surface area (Å²) in [5.41, 5.74) is 5.60. The van der Waals surface area contributed by atoms with Gasteiger partial charge in [-0.05, 0) is 67.5 Å². The number of nitrogens with zero attached hydrogens (tertiary/aromatic N) is 1. The average Bonchev–Trinajstić information content (AvgIpc) is 3.18. The molecule has 2 aromatic heterocycles. The number of pyridine rings is 1. The van der Waals surface area contributed by atoms with E-state index in [1.54, 1.807) is 12.4 Å². The Morgan fingerprint density at radius 3 is 2.83 bits per heavy atom. The Balaban J connectivity index is 1.35. The third-order valence-electron chi connectivity index (χ3n) is 6.69. The Morgan fingerprint density at radius 2 is 2.00 bits per heavy atom. The Labute approximate surface area is 177 Å². The molecule has 2 aliphatic rings.